The van der Waals surface area contributed by atoms with Gasteiger partial charge in [0.1, 0.15) is 6.04 Å². The molecular formula is C23H33N4O+. The molecule has 0 spiro atoms. The van der Waals surface area contributed by atoms with Gasteiger partial charge < -0.3 is 19.3 Å². The molecule has 2 aliphatic heterocycles. The van der Waals surface area contributed by atoms with E-state index in [0.29, 0.717) is 18.5 Å². The molecule has 0 bridgehead atoms. The first-order valence-electron chi connectivity index (χ1n) is 10.6. The third-order valence-electron chi connectivity index (χ3n) is 6.75. The van der Waals surface area contributed by atoms with E-state index >= 15 is 0 Å². The predicted octanol–water partition coefficient (Wildman–Crippen LogP) is 1.71. The highest BCUT2D eigenvalue weighted by molar-refractivity contribution is 5.77. The molecule has 4 rings (SSSR count). The molecular weight excluding hydrogens is 348 g/mol. The molecule has 2 atom stereocenters. The third kappa shape index (κ3) is 3.68. The monoisotopic (exact) mass is 381 g/mol. The molecule has 28 heavy (non-hydrogen) atoms. The molecule has 2 saturated heterocycles. The van der Waals surface area contributed by atoms with Gasteiger partial charge in [-0.05, 0) is 43.2 Å². The smallest absolute Gasteiger partial charge is 0.277 e. The lowest BCUT2D eigenvalue weighted by Crippen LogP contribution is -3.11. The van der Waals surface area contributed by atoms with Crippen molar-refractivity contribution in [3.8, 4) is 0 Å². The fourth-order valence-electron chi connectivity index (χ4n) is 4.90. The lowest BCUT2D eigenvalue weighted by molar-refractivity contribution is -0.911. The first kappa shape index (κ1) is 19.1. The van der Waals surface area contributed by atoms with E-state index in [4.69, 9.17) is 0 Å². The van der Waals surface area contributed by atoms with Crippen molar-refractivity contribution >= 4 is 11.6 Å². The fraction of sp³-hybridized carbons (Fsp3) is 0.522. The van der Waals surface area contributed by atoms with Gasteiger partial charge in [-0.1, -0.05) is 12.1 Å². The molecule has 5 nitrogen and oxygen atoms in total. The maximum atomic E-state index is 13.0. The summed E-state index contributed by atoms with van der Waals surface area (Å²) in [4.78, 5) is 18.9. The summed E-state index contributed by atoms with van der Waals surface area (Å²) in [5.41, 5.74) is 5.37. The SMILES string of the molecule is Cc1cccc(N2CCN(C(=O)C[NH+]3CCC[C@@H]3c3cccn3C)CC2)c1C. The average molecular weight is 382 g/mol. The van der Waals surface area contributed by atoms with E-state index in [1.54, 1.807) is 0 Å². The second kappa shape index (κ2) is 8.00. The number of amides is 1. The number of quaternary nitrogens is 1. The van der Waals surface area contributed by atoms with Gasteiger partial charge in [0.25, 0.3) is 5.91 Å². The third-order valence-corrected chi connectivity index (χ3v) is 6.75. The van der Waals surface area contributed by atoms with Crippen LogP contribution >= 0.6 is 0 Å². The molecule has 5 heteroatoms. The molecule has 2 aliphatic rings. The normalized spacial score (nSPS) is 22.7. The zero-order chi connectivity index (χ0) is 19.7. The molecule has 1 amide bonds. The van der Waals surface area contributed by atoms with Crippen LogP contribution in [-0.2, 0) is 11.8 Å². The minimum atomic E-state index is 0.316. The molecule has 0 saturated carbocycles. The van der Waals surface area contributed by atoms with Crippen LogP contribution in [-0.4, -0.2) is 54.6 Å². The topological polar surface area (TPSA) is 32.9 Å². The Labute approximate surface area is 168 Å². The maximum absolute atomic E-state index is 13.0. The zero-order valence-corrected chi connectivity index (χ0v) is 17.4. The van der Waals surface area contributed by atoms with Crippen LogP contribution in [0, 0.1) is 13.8 Å². The van der Waals surface area contributed by atoms with Crippen LogP contribution < -0.4 is 9.80 Å². The molecule has 1 unspecified atom stereocenters. The molecule has 1 N–H and O–H groups in total. The van der Waals surface area contributed by atoms with E-state index in [1.807, 2.05) is 0 Å². The van der Waals surface area contributed by atoms with Crippen LogP contribution in [0.4, 0.5) is 5.69 Å². The largest absolute Gasteiger partial charge is 0.368 e. The van der Waals surface area contributed by atoms with Crippen LogP contribution in [0.3, 0.4) is 0 Å². The van der Waals surface area contributed by atoms with Crippen LogP contribution in [0.5, 0.6) is 0 Å². The van der Waals surface area contributed by atoms with E-state index in [0.717, 1.165) is 32.7 Å². The number of likely N-dealkylation sites (tertiary alicyclic amines) is 1. The summed E-state index contributed by atoms with van der Waals surface area (Å²) in [5.74, 6) is 0.316. The van der Waals surface area contributed by atoms with Gasteiger partial charge >= 0.3 is 0 Å². The molecule has 3 heterocycles. The summed E-state index contributed by atoms with van der Waals surface area (Å²) in [5, 5.41) is 0. The van der Waals surface area contributed by atoms with E-state index in [-0.39, 0.29) is 0 Å². The Morgan fingerprint density at radius 2 is 1.89 bits per heavy atom. The van der Waals surface area contributed by atoms with Crippen LogP contribution in [0.15, 0.2) is 36.5 Å². The summed E-state index contributed by atoms with van der Waals surface area (Å²) < 4.78 is 2.21. The summed E-state index contributed by atoms with van der Waals surface area (Å²) in [6, 6.07) is 11.3. The van der Waals surface area contributed by atoms with Crippen molar-refractivity contribution in [2.24, 2.45) is 7.05 Å². The number of aromatic nitrogens is 1. The minimum Gasteiger partial charge on any atom is -0.368 e. The number of aryl methyl sites for hydroxylation is 2. The highest BCUT2D eigenvalue weighted by atomic mass is 16.2. The van der Waals surface area contributed by atoms with Crippen LogP contribution in [0.1, 0.15) is 35.7 Å². The van der Waals surface area contributed by atoms with E-state index in [2.05, 4.69) is 71.8 Å². The molecule has 0 aliphatic carbocycles. The van der Waals surface area contributed by atoms with Gasteiger partial charge in [-0.2, -0.15) is 0 Å². The number of rotatable bonds is 4. The Hall–Kier alpha value is -2.27. The number of benzene rings is 1. The second-order valence-corrected chi connectivity index (χ2v) is 8.41. The summed E-state index contributed by atoms with van der Waals surface area (Å²) in [6.45, 7) is 9.59. The summed E-state index contributed by atoms with van der Waals surface area (Å²) >= 11 is 0. The fourth-order valence-corrected chi connectivity index (χ4v) is 4.90. The lowest BCUT2D eigenvalue weighted by Gasteiger charge is -2.37. The van der Waals surface area contributed by atoms with Gasteiger partial charge in [-0.3, -0.25) is 4.79 Å². The van der Waals surface area contributed by atoms with Gasteiger partial charge in [-0.25, -0.2) is 0 Å². The van der Waals surface area contributed by atoms with Gasteiger partial charge in [0, 0.05) is 58.0 Å². The van der Waals surface area contributed by atoms with Crippen LogP contribution in [0.2, 0.25) is 0 Å². The molecule has 2 aromatic rings. The van der Waals surface area contributed by atoms with Gasteiger partial charge in [0.2, 0.25) is 0 Å². The Bertz CT molecular complexity index is 835. The minimum absolute atomic E-state index is 0.316. The Morgan fingerprint density at radius 3 is 2.61 bits per heavy atom. The van der Waals surface area contributed by atoms with Crippen molar-refractivity contribution in [2.75, 3.05) is 44.2 Å². The van der Waals surface area contributed by atoms with E-state index < -0.39 is 0 Å². The number of hydrogen-bond acceptors (Lipinski definition) is 2. The van der Waals surface area contributed by atoms with Gasteiger partial charge in [0.05, 0.1) is 12.2 Å². The first-order chi connectivity index (χ1) is 13.5. The lowest BCUT2D eigenvalue weighted by atomic mass is 10.1. The standard InChI is InChI=1S/C23H32N4O/c1-18-7-4-8-20(19(18)2)25-13-15-26(16-14-25)23(28)17-27-12-6-10-22(27)21-9-5-11-24(21)3/h4-5,7-9,11,22H,6,10,12-17H2,1-3H3/p+1/t22-/m1/s1. The van der Waals surface area contributed by atoms with Crippen molar-refractivity contribution in [1.82, 2.24) is 9.47 Å². The van der Waals surface area contributed by atoms with Crippen LogP contribution in [0.25, 0.3) is 0 Å². The number of piperazine rings is 1. The van der Waals surface area contributed by atoms with Crippen molar-refractivity contribution in [2.45, 2.75) is 32.7 Å². The molecule has 0 radical (unpaired) electrons. The number of carbonyl (C=O) groups is 1. The van der Waals surface area contributed by atoms with Crippen molar-refractivity contribution in [3.05, 3.63) is 53.3 Å². The molecule has 1 aromatic heterocycles. The zero-order valence-electron chi connectivity index (χ0n) is 17.4. The van der Waals surface area contributed by atoms with E-state index in [1.165, 1.54) is 40.2 Å². The second-order valence-electron chi connectivity index (χ2n) is 8.41. The number of nitrogens with one attached hydrogen (secondary N) is 1. The predicted molar refractivity (Wildman–Crippen MR) is 113 cm³/mol. The first-order valence-corrected chi connectivity index (χ1v) is 10.6. The quantitative estimate of drug-likeness (QED) is 0.875. The Morgan fingerprint density at radius 1 is 1.11 bits per heavy atom. The molecule has 1 aromatic carbocycles. The maximum Gasteiger partial charge on any atom is 0.277 e. The van der Waals surface area contributed by atoms with Crippen molar-refractivity contribution in [1.29, 1.82) is 0 Å². The van der Waals surface area contributed by atoms with E-state index in [9.17, 15) is 4.79 Å². The highest BCUT2D eigenvalue weighted by Crippen LogP contribution is 2.24. The average Bonchev–Trinajstić information content (AvgIpc) is 3.32. The number of anilines is 1. The van der Waals surface area contributed by atoms with Gasteiger partial charge in [0.15, 0.2) is 6.54 Å². The summed E-state index contributed by atoms with van der Waals surface area (Å²) in [6.07, 6.45) is 4.50. The number of nitrogens with zero attached hydrogens (tertiary/aromatic N) is 3. The number of hydrogen-bond donors (Lipinski definition) is 1. The van der Waals surface area contributed by atoms with Gasteiger partial charge in [-0.15, -0.1) is 0 Å². The highest BCUT2D eigenvalue weighted by Gasteiger charge is 2.34. The Kier molecular flexibility index (Phi) is 5.44. The number of carbonyl (C=O) groups excluding carboxylic acids is 1. The summed E-state index contributed by atoms with van der Waals surface area (Å²) in [7, 11) is 2.11. The molecule has 150 valence electrons. The molecule has 2 fully saturated rings. The van der Waals surface area contributed by atoms with Crippen molar-refractivity contribution < 1.29 is 9.69 Å². The van der Waals surface area contributed by atoms with Crippen molar-refractivity contribution in [3.63, 3.8) is 0 Å². The Balaban J connectivity index is 1.35.